The van der Waals surface area contributed by atoms with Crippen LogP contribution in [0.1, 0.15) is 26.7 Å². The summed E-state index contributed by atoms with van der Waals surface area (Å²) in [5.74, 6) is 7.01. The molecule has 56 valence electrons. The van der Waals surface area contributed by atoms with Crippen LogP contribution in [0.4, 0.5) is 0 Å². The van der Waals surface area contributed by atoms with E-state index in [0.29, 0.717) is 0 Å². The summed E-state index contributed by atoms with van der Waals surface area (Å²) < 4.78 is 0. The predicted molar refractivity (Wildman–Crippen MR) is 41.5 cm³/mol. The number of hydrogen-bond donors (Lipinski definition) is 0. The van der Waals surface area contributed by atoms with Crippen molar-refractivity contribution in [2.75, 3.05) is 0 Å². The molecule has 3 saturated carbocycles. The van der Waals surface area contributed by atoms with Gasteiger partial charge < -0.3 is 0 Å². The van der Waals surface area contributed by atoms with Crippen LogP contribution in [0.5, 0.6) is 0 Å². The quantitative estimate of drug-likeness (QED) is 0.519. The summed E-state index contributed by atoms with van der Waals surface area (Å²) >= 11 is 0. The Morgan fingerprint density at radius 3 is 1.80 bits per heavy atom. The molecule has 0 amide bonds. The second-order valence-electron chi connectivity index (χ2n) is 4.91. The van der Waals surface area contributed by atoms with Crippen molar-refractivity contribution >= 4 is 0 Å². The van der Waals surface area contributed by atoms with E-state index in [-0.39, 0.29) is 0 Å². The predicted octanol–water partition coefficient (Wildman–Crippen LogP) is 2.54. The Hall–Kier alpha value is 0. The average molecular weight is 136 g/mol. The third kappa shape index (κ3) is 0.500. The molecular formula is C10H16. The van der Waals surface area contributed by atoms with Crippen LogP contribution in [-0.2, 0) is 0 Å². The summed E-state index contributed by atoms with van der Waals surface area (Å²) in [6.45, 7) is 4.86. The highest BCUT2D eigenvalue weighted by atomic mass is 14.7. The summed E-state index contributed by atoms with van der Waals surface area (Å²) in [7, 11) is 0. The molecular weight excluding hydrogens is 120 g/mol. The van der Waals surface area contributed by atoms with Crippen LogP contribution >= 0.6 is 0 Å². The second-order valence-corrected chi connectivity index (χ2v) is 4.91. The molecule has 3 fully saturated rings. The molecule has 6 atom stereocenters. The van der Waals surface area contributed by atoms with Crippen molar-refractivity contribution in [1.29, 1.82) is 0 Å². The largest absolute Gasteiger partial charge is 0.0622 e. The zero-order valence-electron chi connectivity index (χ0n) is 6.88. The van der Waals surface area contributed by atoms with Gasteiger partial charge in [-0.15, -0.1) is 0 Å². The molecule has 0 aromatic heterocycles. The molecule has 0 N–H and O–H groups in total. The lowest BCUT2D eigenvalue weighted by Gasteiger charge is -2.18. The minimum atomic E-state index is 1.10. The Labute approximate surface area is 63.0 Å². The first-order chi connectivity index (χ1) is 4.79. The van der Waals surface area contributed by atoms with E-state index in [2.05, 4.69) is 13.8 Å². The van der Waals surface area contributed by atoms with Crippen LogP contribution in [0.2, 0.25) is 0 Å². The fraction of sp³-hybridized carbons (Fsp3) is 1.00. The molecule has 0 aliphatic heterocycles. The standard InChI is InChI=1S/C10H16/c1-5-3-7(5)10-8-4-6(2)9(8)10/h5-10H,3-4H2,1-2H3. The number of fused-ring (bicyclic) bond motifs is 1. The highest BCUT2D eigenvalue weighted by molar-refractivity contribution is 5.14. The van der Waals surface area contributed by atoms with E-state index in [1.165, 1.54) is 23.7 Å². The maximum Gasteiger partial charge on any atom is -0.0318 e. The fourth-order valence-electron chi connectivity index (χ4n) is 3.42. The van der Waals surface area contributed by atoms with E-state index >= 15 is 0 Å². The summed E-state index contributed by atoms with van der Waals surface area (Å²) in [6.07, 6.45) is 3.13. The molecule has 0 spiro atoms. The highest BCUT2D eigenvalue weighted by Gasteiger charge is 2.66. The van der Waals surface area contributed by atoms with Gasteiger partial charge in [0, 0.05) is 0 Å². The van der Waals surface area contributed by atoms with Crippen LogP contribution in [0.15, 0.2) is 0 Å². The molecule has 0 saturated heterocycles. The number of hydrogen-bond acceptors (Lipinski definition) is 0. The van der Waals surface area contributed by atoms with E-state index in [0.717, 1.165) is 11.8 Å². The Bertz CT molecular complexity index is 171. The van der Waals surface area contributed by atoms with Crippen LogP contribution in [0, 0.1) is 35.5 Å². The molecule has 0 aromatic carbocycles. The average Bonchev–Trinajstić information content (AvgIpc) is 2.67. The van der Waals surface area contributed by atoms with E-state index in [1.54, 1.807) is 12.8 Å². The Morgan fingerprint density at radius 2 is 1.50 bits per heavy atom. The minimum Gasteiger partial charge on any atom is -0.0622 e. The Balaban J connectivity index is 1.68. The molecule has 10 heavy (non-hydrogen) atoms. The SMILES string of the molecule is CC1CC1C1C2CC(C)C21. The molecule has 0 heterocycles. The lowest BCUT2D eigenvalue weighted by Crippen LogP contribution is -2.10. The molecule has 3 aliphatic rings. The molecule has 0 bridgehead atoms. The van der Waals surface area contributed by atoms with Crippen molar-refractivity contribution in [3.8, 4) is 0 Å². The van der Waals surface area contributed by atoms with Crippen LogP contribution in [0.3, 0.4) is 0 Å². The van der Waals surface area contributed by atoms with Gasteiger partial charge in [0.25, 0.3) is 0 Å². The van der Waals surface area contributed by atoms with E-state index in [9.17, 15) is 0 Å². The van der Waals surface area contributed by atoms with Crippen molar-refractivity contribution in [2.45, 2.75) is 26.7 Å². The van der Waals surface area contributed by atoms with Crippen molar-refractivity contribution < 1.29 is 0 Å². The normalized spacial score (nSPS) is 70.2. The molecule has 0 heteroatoms. The van der Waals surface area contributed by atoms with Gasteiger partial charge in [-0.3, -0.25) is 0 Å². The topological polar surface area (TPSA) is 0 Å². The molecule has 6 unspecified atom stereocenters. The van der Waals surface area contributed by atoms with Gasteiger partial charge in [0.15, 0.2) is 0 Å². The Kier molecular flexibility index (Phi) is 0.810. The lowest BCUT2D eigenvalue weighted by atomic mass is 9.88. The van der Waals surface area contributed by atoms with Gasteiger partial charge in [-0.2, -0.15) is 0 Å². The molecule has 3 rings (SSSR count). The summed E-state index contributed by atoms with van der Waals surface area (Å²) in [5.41, 5.74) is 0. The fourth-order valence-corrected chi connectivity index (χ4v) is 3.42. The highest BCUT2D eigenvalue weighted by Crippen LogP contribution is 2.72. The van der Waals surface area contributed by atoms with Crippen molar-refractivity contribution in [3.05, 3.63) is 0 Å². The number of rotatable bonds is 1. The first-order valence-electron chi connectivity index (χ1n) is 4.79. The summed E-state index contributed by atoms with van der Waals surface area (Å²) in [4.78, 5) is 0. The second kappa shape index (κ2) is 1.44. The minimum absolute atomic E-state index is 1.10. The smallest absolute Gasteiger partial charge is 0.0318 e. The third-order valence-corrected chi connectivity index (χ3v) is 4.26. The van der Waals surface area contributed by atoms with E-state index in [1.807, 2.05) is 0 Å². The van der Waals surface area contributed by atoms with Crippen molar-refractivity contribution in [2.24, 2.45) is 35.5 Å². The van der Waals surface area contributed by atoms with Gasteiger partial charge in [0.2, 0.25) is 0 Å². The molecule has 0 radical (unpaired) electrons. The zero-order valence-corrected chi connectivity index (χ0v) is 6.88. The van der Waals surface area contributed by atoms with Crippen LogP contribution in [0.25, 0.3) is 0 Å². The maximum absolute atomic E-state index is 2.44. The molecule has 0 aromatic rings. The first kappa shape index (κ1) is 5.62. The maximum atomic E-state index is 2.44. The molecule has 3 aliphatic carbocycles. The van der Waals surface area contributed by atoms with Gasteiger partial charge >= 0.3 is 0 Å². The van der Waals surface area contributed by atoms with E-state index in [4.69, 9.17) is 0 Å². The van der Waals surface area contributed by atoms with Crippen molar-refractivity contribution in [3.63, 3.8) is 0 Å². The van der Waals surface area contributed by atoms with Gasteiger partial charge in [0.05, 0.1) is 0 Å². The summed E-state index contributed by atoms with van der Waals surface area (Å²) in [6, 6.07) is 0. The van der Waals surface area contributed by atoms with Gasteiger partial charge in [-0.25, -0.2) is 0 Å². The first-order valence-corrected chi connectivity index (χ1v) is 4.79. The summed E-state index contributed by atoms with van der Waals surface area (Å²) in [5, 5.41) is 0. The van der Waals surface area contributed by atoms with Gasteiger partial charge in [-0.05, 0) is 48.3 Å². The molecule has 0 nitrogen and oxygen atoms in total. The van der Waals surface area contributed by atoms with Gasteiger partial charge in [0.1, 0.15) is 0 Å². The Morgan fingerprint density at radius 1 is 0.800 bits per heavy atom. The van der Waals surface area contributed by atoms with Crippen LogP contribution in [-0.4, -0.2) is 0 Å². The van der Waals surface area contributed by atoms with Gasteiger partial charge in [-0.1, -0.05) is 13.8 Å². The monoisotopic (exact) mass is 136 g/mol. The van der Waals surface area contributed by atoms with Crippen LogP contribution < -0.4 is 0 Å². The lowest BCUT2D eigenvalue weighted by molar-refractivity contribution is 0.316. The third-order valence-electron chi connectivity index (χ3n) is 4.26. The zero-order chi connectivity index (χ0) is 6.88. The van der Waals surface area contributed by atoms with E-state index < -0.39 is 0 Å². The van der Waals surface area contributed by atoms with Crippen molar-refractivity contribution in [1.82, 2.24) is 0 Å².